The normalized spacial score (nSPS) is 10.1. The van der Waals surface area contributed by atoms with Crippen molar-refractivity contribution in [2.75, 3.05) is 24.8 Å². The van der Waals surface area contributed by atoms with Crippen molar-refractivity contribution in [2.24, 2.45) is 0 Å². The predicted molar refractivity (Wildman–Crippen MR) is 82.1 cm³/mol. The first kappa shape index (κ1) is 14.9. The second-order valence-corrected chi connectivity index (χ2v) is 4.54. The van der Waals surface area contributed by atoms with E-state index in [9.17, 15) is 4.79 Å². The van der Waals surface area contributed by atoms with E-state index in [0.29, 0.717) is 23.7 Å². The van der Waals surface area contributed by atoms with Crippen LogP contribution in [0.5, 0.6) is 5.75 Å². The Labute approximate surface area is 123 Å². The van der Waals surface area contributed by atoms with Crippen molar-refractivity contribution in [1.29, 1.82) is 0 Å². The van der Waals surface area contributed by atoms with Crippen molar-refractivity contribution < 1.29 is 14.3 Å². The summed E-state index contributed by atoms with van der Waals surface area (Å²) in [6, 6.07) is 14.4. The van der Waals surface area contributed by atoms with E-state index in [0.717, 1.165) is 5.56 Å². The molecule has 0 aromatic heterocycles. The van der Waals surface area contributed by atoms with E-state index >= 15 is 0 Å². The van der Waals surface area contributed by atoms with Crippen LogP contribution in [-0.2, 0) is 16.1 Å². The Hall–Kier alpha value is -2.53. The molecule has 0 heterocycles. The number of carbonyl (C=O) groups is 1. The van der Waals surface area contributed by atoms with Crippen LogP contribution in [0.2, 0.25) is 0 Å². The van der Waals surface area contributed by atoms with Gasteiger partial charge < -0.3 is 20.5 Å². The van der Waals surface area contributed by atoms with Crippen molar-refractivity contribution in [3.05, 3.63) is 54.1 Å². The molecule has 2 rings (SSSR count). The maximum absolute atomic E-state index is 11.8. The zero-order valence-corrected chi connectivity index (χ0v) is 11.8. The van der Waals surface area contributed by atoms with E-state index in [1.807, 2.05) is 18.2 Å². The number of methoxy groups -OCH3 is 1. The third kappa shape index (κ3) is 4.81. The zero-order chi connectivity index (χ0) is 15.1. The summed E-state index contributed by atoms with van der Waals surface area (Å²) in [4.78, 5) is 11.8. The first-order valence-corrected chi connectivity index (χ1v) is 6.53. The molecule has 110 valence electrons. The fourth-order valence-electron chi connectivity index (χ4n) is 1.80. The lowest BCUT2D eigenvalue weighted by Gasteiger charge is -2.09. The summed E-state index contributed by atoms with van der Waals surface area (Å²) >= 11 is 0. The Kier molecular flexibility index (Phi) is 5.17. The second kappa shape index (κ2) is 7.31. The number of nitrogen functional groups attached to an aromatic ring is 1. The number of nitrogens with one attached hydrogen (secondary N) is 1. The Morgan fingerprint density at radius 2 is 1.95 bits per heavy atom. The molecule has 0 unspecified atom stereocenters. The molecular formula is C16H18N2O3. The van der Waals surface area contributed by atoms with Gasteiger partial charge in [-0.05, 0) is 42.0 Å². The van der Waals surface area contributed by atoms with Crippen molar-refractivity contribution in [1.82, 2.24) is 0 Å². The SMILES string of the molecule is COCc1cccc(OCC(=O)Nc2ccc(N)cc2)c1. The number of anilines is 2. The fourth-order valence-corrected chi connectivity index (χ4v) is 1.80. The van der Waals surface area contributed by atoms with Crippen molar-refractivity contribution in [3.63, 3.8) is 0 Å². The number of hydrogen-bond acceptors (Lipinski definition) is 4. The summed E-state index contributed by atoms with van der Waals surface area (Å²) in [5, 5.41) is 2.73. The number of carbonyl (C=O) groups excluding carboxylic acids is 1. The number of hydrogen-bond donors (Lipinski definition) is 2. The van der Waals surface area contributed by atoms with E-state index in [4.69, 9.17) is 15.2 Å². The molecule has 2 aromatic carbocycles. The average Bonchev–Trinajstić information content (AvgIpc) is 2.48. The third-order valence-electron chi connectivity index (χ3n) is 2.77. The second-order valence-electron chi connectivity index (χ2n) is 4.54. The van der Waals surface area contributed by atoms with Gasteiger partial charge in [0.15, 0.2) is 6.61 Å². The lowest BCUT2D eigenvalue weighted by atomic mass is 10.2. The Bertz CT molecular complexity index is 597. The van der Waals surface area contributed by atoms with Gasteiger partial charge in [-0.2, -0.15) is 0 Å². The molecule has 0 saturated carbocycles. The smallest absolute Gasteiger partial charge is 0.262 e. The molecule has 0 spiro atoms. The minimum atomic E-state index is -0.225. The molecule has 0 aliphatic heterocycles. The van der Waals surface area contributed by atoms with Gasteiger partial charge in [0.05, 0.1) is 6.61 Å². The molecule has 0 aliphatic carbocycles. The predicted octanol–water partition coefficient (Wildman–Crippen LogP) is 2.43. The molecule has 5 heteroatoms. The standard InChI is InChI=1S/C16H18N2O3/c1-20-10-12-3-2-4-15(9-12)21-11-16(19)18-14-7-5-13(17)6-8-14/h2-9H,10-11,17H2,1H3,(H,18,19). The molecule has 2 aromatic rings. The van der Waals surface area contributed by atoms with Crippen LogP contribution in [0.1, 0.15) is 5.56 Å². The lowest BCUT2D eigenvalue weighted by Crippen LogP contribution is -2.20. The Balaban J connectivity index is 1.86. The monoisotopic (exact) mass is 286 g/mol. The minimum absolute atomic E-state index is 0.0548. The molecule has 0 saturated heterocycles. The summed E-state index contributed by atoms with van der Waals surface area (Å²) < 4.78 is 10.5. The van der Waals surface area contributed by atoms with Gasteiger partial charge in [-0.15, -0.1) is 0 Å². The fraction of sp³-hybridized carbons (Fsp3) is 0.188. The van der Waals surface area contributed by atoms with E-state index in [1.54, 1.807) is 37.4 Å². The molecule has 0 atom stereocenters. The molecule has 21 heavy (non-hydrogen) atoms. The first-order valence-electron chi connectivity index (χ1n) is 6.53. The van der Waals surface area contributed by atoms with Crippen molar-refractivity contribution in [2.45, 2.75) is 6.61 Å². The molecule has 0 radical (unpaired) electrons. The molecule has 3 N–H and O–H groups in total. The van der Waals surface area contributed by atoms with E-state index in [2.05, 4.69) is 5.32 Å². The van der Waals surface area contributed by atoms with Gasteiger partial charge in [-0.1, -0.05) is 12.1 Å². The molecule has 0 fully saturated rings. The van der Waals surface area contributed by atoms with E-state index in [1.165, 1.54) is 0 Å². The average molecular weight is 286 g/mol. The maximum atomic E-state index is 11.8. The molecule has 0 aliphatic rings. The van der Waals surface area contributed by atoms with Crippen LogP contribution in [0.15, 0.2) is 48.5 Å². The van der Waals surface area contributed by atoms with Gasteiger partial charge in [0, 0.05) is 18.5 Å². The van der Waals surface area contributed by atoms with E-state index in [-0.39, 0.29) is 12.5 Å². The van der Waals surface area contributed by atoms with Crippen LogP contribution in [0.25, 0.3) is 0 Å². The van der Waals surface area contributed by atoms with Crippen LogP contribution >= 0.6 is 0 Å². The van der Waals surface area contributed by atoms with Gasteiger partial charge in [0.1, 0.15) is 5.75 Å². The van der Waals surface area contributed by atoms with Crippen LogP contribution in [0.4, 0.5) is 11.4 Å². The number of nitrogens with two attached hydrogens (primary N) is 1. The third-order valence-corrected chi connectivity index (χ3v) is 2.77. The van der Waals surface area contributed by atoms with Gasteiger partial charge in [-0.3, -0.25) is 4.79 Å². The minimum Gasteiger partial charge on any atom is -0.484 e. The highest BCUT2D eigenvalue weighted by atomic mass is 16.5. The highest BCUT2D eigenvalue weighted by Gasteiger charge is 2.04. The van der Waals surface area contributed by atoms with Gasteiger partial charge in [0.25, 0.3) is 5.91 Å². The number of rotatable bonds is 6. The van der Waals surface area contributed by atoms with Crippen molar-refractivity contribution in [3.8, 4) is 5.75 Å². The Morgan fingerprint density at radius 3 is 2.67 bits per heavy atom. The van der Waals surface area contributed by atoms with Crippen LogP contribution in [0.3, 0.4) is 0 Å². The quantitative estimate of drug-likeness (QED) is 0.800. The van der Waals surface area contributed by atoms with Gasteiger partial charge in [0.2, 0.25) is 0 Å². The summed E-state index contributed by atoms with van der Waals surface area (Å²) in [5.41, 5.74) is 7.92. The summed E-state index contributed by atoms with van der Waals surface area (Å²) in [7, 11) is 1.63. The largest absolute Gasteiger partial charge is 0.484 e. The first-order chi connectivity index (χ1) is 10.2. The lowest BCUT2D eigenvalue weighted by molar-refractivity contribution is -0.118. The van der Waals surface area contributed by atoms with Gasteiger partial charge in [-0.25, -0.2) is 0 Å². The molecule has 1 amide bonds. The van der Waals surface area contributed by atoms with Crippen LogP contribution in [0, 0.1) is 0 Å². The number of amides is 1. The van der Waals surface area contributed by atoms with Crippen molar-refractivity contribution >= 4 is 17.3 Å². The molecule has 5 nitrogen and oxygen atoms in total. The summed E-state index contributed by atoms with van der Waals surface area (Å²) in [5.74, 6) is 0.411. The highest BCUT2D eigenvalue weighted by molar-refractivity contribution is 5.92. The zero-order valence-electron chi connectivity index (χ0n) is 11.8. The van der Waals surface area contributed by atoms with Crippen LogP contribution < -0.4 is 15.8 Å². The highest BCUT2D eigenvalue weighted by Crippen LogP contribution is 2.14. The molecular weight excluding hydrogens is 268 g/mol. The molecule has 0 bridgehead atoms. The summed E-state index contributed by atoms with van der Waals surface area (Å²) in [6.45, 7) is 0.454. The van der Waals surface area contributed by atoms with Gasteiger partial charge >= 0.3 is 0 Å². The maximum Gasteiger partial charge on any atom is 0.262 e. The number of ether oxygens (including phenoxy) is 2. The Morgan fingerprint density at radius 1 is 1.19 bits per heavy atom. The van der Waals surface area contributed by atoms with Crippen LogP contribution in [-0.4, -0.2) is 19.6 Å². The number of benzene rings is 2. The van der Waals surface area contributed by atoms with E-state index < -0.39 is 0 Å². The topological polar surface area (TPSA) is 73.6 Å². The summed E-state index contributed by atoms with van der Waals surface area (Å²) in [6.07, 6.45) is 0.